The van der Waals surface area contributed by atoms with Crippen molar-refractivity contribution in [1.82, 2.24) is 0 Å². The normalized spacial score (nSPS) is 38.3. The van der Waals surface area contributed by atoms with E-state index in [0.717, 1.165) is 12.2 Å². The zero-order chi connectivity index (χ0) is 33.1. The van der Waals surface area contributed by atoms with Crippen molar-refractivity contribution in [3.05, 3.63) is 59.2 Å². The number of carboxylic acids is 1. The van der Waals surface area contributed by atoms with Crippen LogP contribution in [-0.2, 0) is 23.9 Å². The number of hydrogen-bond acceptors (Lipinski definition) is 8. The number of aromatic carboxylic acids is 1. The van der Waals surface area contributed by atoms with Crippen LogP contribution in [0.1, 0.15) is 74.1 Å². The molecule has 0 unspecified atom stereocenters. The van der Waals surface area contributed by atoms with Crippen molar-refractivity contribution in [2.45, 2.75) is 76.9 Å². The molecule has 0 radical (unpaired) electrons. The van der Waals surface area contributed by atoms with Crippen LogP contribution in [0.25, 0.3) is 0 Å². The predicted molar refractivity (Wildman–Crippen MR) is 157 cm³/mol. The topological polar surface area (TPSA) is 124 Å². The Bertz CT molecular complexity index is 1530. The lowest BCUT2D eigenvalue weighted by Crippen LogP contribution is -2.71. The van der Waals surface area contributed by atoms with E-state index in [0.29, 0.717) is 11.8 Å². The number of rotatable bonds is 7. The monoisotopic (exact) mass is 648 g/mol. The molecule has 9 atom stereocenters. The number of benzene rings is 1. The minimum absolute atomic E-state index is 0.108. The smallest absolute Gasteiger partial charge is 0.339 e. The molecular weight excluding hydrogens is 613 g/mol. The number of carbonyl (C=O) groups is 5. The number of fused-ring (bicyclic) bond motifs is 5. The lowest BCUT2D eigenvalue weighted by Gasteiger charge is -2.63. The molecule has 0 aromatic heterocycles. The summed E-state index contributed by atoms with van der Waals surface area (Å²) in [6.07, 6.45) is -0.824. The van der Waals surface area contributed by atoms with Crippen molar-refractivity contribution in [2.24, 2.45) is 28.6 Å². The zero-order valence-corrected chi connectivity index (χ0v) is 26.1. The molecule has 1 aromatic rings. The quantitative estimate of drug-likeness (QED) is 0.355. The Labute approximate surface area is 262 Å². The second-order valence-electron chi connectivity index (χ2n) is 12.8. The second-order valence-corrected chi connectivity index (χ2v) is 13.7. The molecule has 3 fully saturated rings. The number of allylic oxidation sites excluding steroid dienone is 4. The highest BCUT2D eigenvalue weighted by molar-refractivity contribution is 8.13. The molecule has 4 aliphatic rings. The van der Waals surface area contributed by atoms with Crippen LogP contribution in [0.4, 0.5) is 13.2 Å². The van der Waals surface area contributed by atoms with Crippen LogP contribution < -0.4 is 0 Å². The van der Waals surface area contributed by atoms with Gasteiger partial charge in [-0.15, -0.1) is 0 Å². The second kappa shape index (κ2) is 11.4. The van der Waals surface area contributed by atoms with E-state index >= 15 is 8.78 Å². The van der Waals surface area contributed by atoms with Crippen LogP contribution in [0.5, 0.6) is 0 Å². The molecule has 1 aromatic carbocycles. The minimum atomic E-state index is -2.54. The minimum Gasteiger partial charge on any atom is -0.478 e. The fraction of sp³-hybridized carbons (Fsp3) is 0.545. The lowest BCUT2D eigenvalue weighted by atomic mass is 9.44. The number of carboxylic acid groups (broad SMARTS) is 1. The summed E-state index contributed by atoms with van der Waals surface area (Å²) in [6.45, 7) is 6.21. The van der Waals surface area contributed by atoms with Crippen molar-refractivity contribution in [3.8, 4) is 0 Å². The van der Waals surface area contributed by atoms with Crippen LogP contribution in [0.15, 0.2) is 48.1 Å². The van der Waals surface area contributed by atoms with Gasteiger partial charge in [0.2, 0.25) is 5.12 Å². The summed E-state index contributed by atoms with van der Waals surface area (Å²) in [7, 11) is 0. The molecule has 0 heterocycles. The molecule has 8 nitrogen and oxygen atoms in total. The molecule has 1 N–H and O–H groups in total. The third-order valence-electron chi connectivity index (χ3n) is 10.8. The van der Waals surface area contributed by atoms with Crippen molar-refractivity contribution in [2.75, 3.05) is 6.01 Å². The van der Waals surface area contributed by atoms with Gasteiger partial charge in [-0.25, -0.2) is 22.8 Å². The summed E-state index contributed by atoms with van der Waals surface area (Å²) in [5, 5.41) is 8.92. The van der Waals surface area contributed by atoms with Crippen LogP contribution in [0.3, 0.4) is 0 Å². The first-order valence-electron chi connectivity index (χ1n) is 14.9. The Morgan fingerprint density at radius 3 is 2.38 bits per heavy atom. The number of halogens is 3. The number of carbonyl (C=O) groups excluding carboxylic acids is 4. The first-order chi connectivity index (χ1) is 21.1. The first-order valence-corrected chi connectivity index (χ1v) is 15.9. The fourth-order valence-electron chi connectivity index (χ4n) is 8.76. The van der Waals surface area contributed by atoms with E-state index in [9.17, 15) is 33.5 Å². The first kappa shape index (κ1) is 33.0. The number of alkyl halides is 3. The average Bonchev–Trinajstić information content (AvgIpc) is 3.21. The van der Waals surface area contributed by atoms with Gasteiger partial charge in [0.15, 0.2) is 17.1 Å². The van der Waals surface area contributed by atoms with Gasteiger partial charge in [-0.3, -0.25) is 14.4 Å². The molecule has 3 saturated carbocycles. The van der Waals surface area contributed by atoms with Crippen LogP contribution in [0, 0.1) is 28.6 Å². The molecule has 242 valence electrons. The molecule has 12 heteroatoms. The summed E-state index contributed by atoms with van der Waals surface area (Å²) in [4.78, 5) is 64.6. The standard InChI is InChI=1S/C33H35F3O8S/c1-5-26(38)44-33(29(42)45-16-34)17(2)12-21-22-14-24(35)23-13-18(37)10-11-30(23,3)32(22,36)25(15-31(21,33)4)43-28(41)20-9-7-6-8-19(20)27(39)40/h6-11,13,17,21-22,24-25H,5,12,14-16H2,1-4H3,(H,39,40)/t17-,21+,22+,24+,25+,30+,31+,32+,33+/m1/s1. The maximum Gasteiger partial charge on any atom is 0.339 e. The maximum absolute atomic E-state index is 18.5. The van der Waals surface area contributed by atoms with Gasteiger partial charge in [0.05, 0.1) is 11.1 Å². The van der Waals surface area contributed by atoms with Crippen molar-refractivity contribution < 1.29 is 51.7 Å². The van der Waals surface area contributed by atoms with E-state index in [1.54, 1.807) is 13.8 Å². The average molecular weight is 649 g/mol. The van der Waals surface area contributed by atoms with E-state index in [1.165, 1.54) is 44.2 Å². The summed E-state index contributed by atoms with van der Waals surface area (Å²) in [5.74, 6) is -6.59. The third-order valence-corrected chi connectivity index (χ3v) is 11.5. The van der Waals surface area contributed by atoms with Crippen molar-refractivity contribution >= 4 is 40.6 Å². The van der Waals surface area contributed by atoms with Gasteiger partial charge in [-0.2, -0.15) is 0 Å². The Morgan fingerprint density at radius 2 is 1.76 bits per heavy atom. The molecule has 0 spiro atoms. The molecule has 4 aliphatic carbocycles. The SMILES string of the molecule is CCC(=O)O[C@]1(C(=O)SCF)[C@H](C)C[C@H]2[C@@H]3C[C@H](F)C4=CC(=O)C=C[C@]4(C)[C@@]3(F)[C@@H](OC(=O)c3ccccc3C(=O)O)C[C@@]21C. The molecule has 5 rings (SSSR count). The number of ether oxygens (including phenoxy) is 2. The highest BCUT2D eigenvalue weighted by atomic mass is 32.2. The maximum atomic E-state index is 18.5. The van der Waals surface area contributed by atoms with Crippen molar-refractivity contribution in [1.29, 1.82) is 0 Å². The number of ketones is 1. The Balaban J connectivity index is 1.72. The molecule has 0 bridgehead atoms. The van der Waals surface area contributed by atoms with Gasteiger partial charge in [0.1, 0.15) is 18.3 Å². The van der Waals surface area contributed by atoms with Gasteiger partial charge in [-0.1, -0.05) is 39.0 Å². The Hall–Kier alpha value is -3.41. The fourth-order valence-corrected chi connectivity index (χ4v) is 9.55. The van der Waals surface area contributed by atoms with Gasteiger partial charge >= 0.3 is 17.9 Å². The summed E-state index contributed by atoms with van der Waals surface area (Å²) >= 11 is 0.320. The predicted octanol–water partition coefficient (Wildman–Crippen LogP) is 5.99. The zero-order valence-electron chi connectivity index (χ0n) is 25.3. The lowest BCUT2D eigenvalue weighted by molar-refractivity contribution is -0.228. The highest BCUT2D eigenvalue weighted by Crippen LogP contribution is 2.72. The van der Waals surface area contributed by atoms with E-state index in [1.807, 2.05) is 0 Å². The summed E-state index contributed by atoms with van der Waals surface area (Å²) in [6, 6.07) is 4.13. The third kappa shape index (κ3) is 4.60. The molecule has 0 saturated heterocycles. The Kier molecular flexibility index (Phi) is 8.38. The van der Waals surface area contributed by atoms with E-state index in [2.05, 4.69) is 0 Å². The molecule has 45 heavy (non-hydrogen) atoms. The van der Waals surface area contributed by atoms with E-state index in [-0.39, 0.29) is 29.5 Å². The number of esters is 2. The molecule has 0 amide bonds. The summed E-state index contributed by atoms with van der Waals surface area (Å²) in [5.41, 5.74) is -8.58. The van der Waals surface area contributed by atoms with Crippen LogP contribution in [-0.4, -0.2) is 63.5 Å². The number of hydrogen-bond donors (Lipinski definition) is 1. The van der Waals surface area contributed by atoms with Gasteiger partial charge in [0, 0.05) is 29.1 Å². The largest absolute Gasteiger partial charge is 0.478 e. The van der Waals surface area contributed by atoms with Gasteiger partial charge in [0.25, 0.3) is 0 Å². The van der Waals surface area contributed by atoms with Crippen LogP contribution >= 0.6 is 11.8 Å². The summed E-state index contributed by atoms with van der Waals surface area (Å²) < 4.78 is 60.1. The Morgan fingerprint density at radius 1 is 1.09 bits per heavy atom. The molecule has 0 aliphatic heterocycles. The van der Waals surface area contributed by atoms with Gasteiger partial charge in [-0.05, 0) is 73.7 Å². The number of thioether (sulfide) groups is 1. The van der Waals surface area contributed by atoms with Gasteiger partial charge < -0.3 is 14.6 Å². The van der Waals surface area contributed by atoms with Crippen molar-refractivity contribution in [3.63, 3.8) is 0 Å². The van der Waals surface area contributed by atoms with E-state index < -0.39 is 99.8 Å². The molecular formula is C33H35F3O8S. The van der Waals surface area contributed by atoms with Crippen LogP contribution in [0.2, 0.25) is 0 Å². The highest BCUT2D eigenvalue weighted by Gasteiger charge is 2.79. The van der Waals surface area contributed by atoms with E-state index in [4.69, 9.17) is 9.47 Å².